The van der Waals surface area contributed by atoms with Crippen LogP contribution in [0.2, 0.25) is 0 Å². The van der Waals surface area contributed by atoms with E-state index in [9.17, 15) is 9.59 Å². The molecular weight excluding hydrogens is 228 g/mol. The van der Waals surface area contributed by atoms with Crippen molar-refractivity contribution in [3.8, 4) is 0 Å². The highest BCUT2D eigenvalue weighted by Gasteiger charge is 2.34. The van der Waals surface area contributed by atoms with Crippen LogP contribution in [0.5, 0.6) is 0 Å². The van der Waals surface area contributed by atoms with Crippen molar-refractivity contribution < 1.29 is 9.59 Å². The number of primary amides is 1. The van der Waals surface area contributed by atoms with E-state index in [0.29, 0.717) is 11.1 Å². The molecule has 0 atom stereocenters. The summed E-state index contributed by atoms with van der Waals surface area (Å²) >= 11 is 0. The zero-order valence-corrected chi connectivity index (χ0v) is 9.46. The monoisotopic (exact) mass is 238 g/mol. The highest BCUT2D eigenvalue weighted by atomic mass is 16.2. The van der Waals surface area contributed by atoms with Crippen LogP contribution in [0.25, 0.3) is 0 Å². The molecule has 0 aliphatic carbocycles. The molecule has 1 aliphatic heterocycles. The van der Waals surface area contributed by atoms with Crippen LogP contribution >= 0.6 is 0 Å². The van der Waals surface area contributed by atoms with Crippen molar-refractivity contribution in [2.45, 2.75) is 0 Å². The molecule has 0 bridgehead atoms. The average Bonchev–Trinajstić information content (AvgIpc) is 3.12. The fraction of sp³-hybridized carbons (Fsp3) is 0. The lowest BCUT2D eigenvalue weighted by Crippen LogP contribution is -2.16. The van der Waals surface area contributed by atoms with E-state index < -0.39 is 5.91 Å². The van der Waals surface area contributed by atoms with Gasteiger partial charge in [-0.2, -0.15) is 0 Å². The Morgan fingerprint density at radius 3 is 2.11 bits per heavy atom. The number of benzene rings is 2. The maximum atomic E-state index is 12.2. The Morgan fingerprint density at radius 2 is 1.50 bits per heavy atom. The van der Waals surface area contributed by atoms with Crippen LogP contribution in [0.3, 0.4) is 0 Å². The summed E-state index contributed by atoms with van der Waals surface area (Å²) in [5.41, 5.74) is 7.81. The molecule has 0 spiro atoms. The molecule has 0 saturated carbocycles. The number of hydrogen-bond donors (Lipinski definition) is 1. The molecule has 0 saturated heterocycles. The molecule has 0 fully saturated rings. The smallest absolute Gasteiger partial charge is 0.262 e. The predicted molar refractivity (Wildman–Crippen MR) is 67.9 cm³/mol. The number of carbonyl (C=O) groups excluding carboxylic acids is 2. The van der Waals surface area contributed by atoms with Gasteiger partial charge >= 0.3 is 0 Å². The van der Waals surface area contributed by atoms with Gasteiger partial charge in [-0.05, 0) is 30.3 Å². The molecule has 0 unspecified atom stereocenters. The number of fused-ring (bicyclic) bond motifs is 1. The van der Waals surface area contributed by atoms with Crippen LogP contribution in [0.15, 0.2) is 48.5 Å². The molecular formula is C14H10N2O2. The highest BCUT2D eigenvalue weighted by Crippen LogP contribution is 2.48. The van der Waals surface area contributed by atoms with E-state index >= 15 is 0 Å². The van der Waals surface area contributed by atoms with Crippen molar-refractivity contribution in [3.05, 3.63) is 59.7 Å². The van der Waals surface area contributed by atoms with Crippen LogP contribution in [-0.4, -0.2) is 11.8 Å². The number of hydrogen-bond acceptors (Lipinski definition) is 2. The highest BCUT2D eigenvalue weighted by molar-refractivity contribution is 6.22. The summed E-state index contributed by atoms with van der Waals surface area (Å²) in [6.07, 6.45) is 0. The summed E-state index contributed by atoms with van der Waals surface area (Å²) in [5.74, 6) is -0.674. The Kier molecular flexibility index (Phi) is 2.16. The van der Waals surface area contributed by atoms with E-state index in [1.54, 1.807) is 23.1 Å². The molecule has 2 aromatic carbocycles. The van der Waals surface area contributed by atoms with E-state index in [4.69, 9.17) is 5.73 Å². The first-order valence-corrected chi connectivity index (χ1v) is 5.52. The van der Waals surface area contributed by atoms with Gasteiger partial charge in [0.1, 0.15) is 0 Å². The second kappa shape index (κ2) is 3.70. The van der Waals surface area contributed by atoms with E-state index in [1.807, 2.05) is 24.3 Å². The van der Waals surface area contributed by atoms with Crippen LogP contribution in [0, 0.1) is 0 Å². The van der Waals surface area contributed by atoms with Crippen molar-refractivity contribution in [2.75, 3.05) is 4.90 Å². The fourth-order valence-electron chi connectivity index (χ4n) is 1.96. The lowest BCUT2D eigenvalue weighted by molar-refractivity contribution is 0.1000. The largest absolute Gasteiger partial charge is 0.366 e. The third-order valence-corrected chi connectivity index (χ3v) is 2.91. The van der Waals surface area contributed by atoms with E-state index in [1.165, 1.54) is 6.07 Å². The minimum atomic E-state index is -0.534. The first-order valence-electron chi connectivity index (χ1n) is 5.52. The summed E-state index contributed by atoms with van der Waals surface area (Å²) < 4.78 is 0. The van der Waals surface area contributed by atoms with Gasteiger partial charge in [0.25, 0.3) is 5.91 Å². The van der Waals surface area contributed by atoms with Gasteiger partial charge in [0.15, 0.2) is 0 Å². The van der Waals surface area contributed by atoms with Gasteiger partial charge in [0.05, 0.1) is 11.4 Å². The molecule has 0 aromatic heterocycles. The van der Waals surface area contributed by atoms with Crippen LogP contribution in [0.1, 0.15) is 20.7 Å². The summed E-state index contributed by atoms with van der Waals surface area (Å²) in [6.45, 7) is 0. The van der Waals surface area contributed by atoms with Gasteiger partial charge in [-0.1, -0.05) is 18.2 Å². The Bertz CT molecular complexity index is 641. The Hall–Kier alpha value is -2.62. The number of para-hydroxylation sites is 2. The molecule has 2 N–H and O–H groups in total. The second-order valence-electron chi connectivity index (χ2n) is 4.07. The Labute approximate surface area is 104 Å². The first-order chi connectivity index (χ1) is 8.68. The molecule has 0 radical (unpaired) electrons. The standard InChI is InChI=1S/C14H10N2O2/c15-13(17)9-4-3-5-10(8-9)14(18)16-11-6-1-2-7-12(11)16/h1-8H,(H2,15,17). The molecule has 4 heteroatoms. The molecule has 88 valence electrons. The van der Waals surface area contributed by atoms with Gasteiger partial charge in [0.2, 0.25) is 5.91 Å². The number of carbonyl (C=O) groups is 2. The van der Waals surface area contributed by atoms with Crippen molar-refractivity contribution in [3.63, 3.8) is 0 Å². The molecule has 1 heterocycles. The molecule has 18 heavy (non-hydrogen) atoms. The van der Waals surface area contributed by atoms with E-state index in [2.05, 4.69) is 0 Å². The summed E-state index contributed by atoms with van der Waals surface area (Å²) in [6, 6.07) is 14.0. The molecule has 1 aliphatic rings. The zero-order chi connectivity index (χ0) is 12.7. The quantitative estimate of drug-likeness (QED) is 0.814. The normalized spacial score (nSPS) is 11.9. The predicted octanol–water partition coefficient (Wildman–Crippen LogP) is 2.08. The Morgan fingerprint density at radius 1 is 0.889 bits per heavy atom. The molecule has 3 rings (SSSR count). The number of nitrogens with two attached hydrogens (primary N) is 1. The Balaban J connectivity index is 1.91. The third kappa shape index (κ3) is 1.55. The fourth-order valence-corrected chi connectivity index (χ4v) is 1.96. The average molecular weight is 238 g/mol. The molecule has 4 nitrogen and oxygen atoms in total. The maximum absolute atomic E-state index is 12.2. The number of rotatable bonds is 2. The minimum Gasteiger partial charge on any atom is -0.366 e. The van der Waals surface area contributed by atoms with Crippen molar-refractivity contribution >= 4 is 23.2 Å². The SMILES string of the molecule is NC(=O)c1cccc(C(=O)N2c3ccccc32)c1. The van der Waals surface area contributed by atoms with Gasteiger partial charge in [-0.3, -0.25) is 14.5 Å². The van der Waals surface area contributed by atoms with Crippen molar-refractivity contribution in [1.82, 2.24) is 0 Å². The third-order valence-electron chi connectivity index (χ3n) is 2.91. The van der Waals surface area contributed by atoms with Crippen LogP contribution in [-0.2, 0) is 0 Å². The van der Waals surface area contributed by atoms with Gasteiger partial charge < -0.3 is 5.73 Å². The molecule has 2 aromatic rings. The summed E-state index contributed by atoms with van der Waals surface area (Å²) in [7, 11) is 0. The lowest BCUT2D eigenvalue weighted by atomic mass is 10.1. The number of nitrogens with zero attached hydrogens (tertiary/aromatic N) is 1. The van der Waals surface area contributed by atoms with Gasteiger partial charge in [-0.25, -0.2) is 0 Å². The second-order valence-corrected chi connectivity index (χ2v) is 4.07. The zero-order valence-electron chi connectivity index (χ0n) is 9.46. The lowest BCUT2D eigenvalue weighted by Gasteiger charge is -2.03. The van der Waals surface area contributed by atoms with Crippen LogP contribution in [0.4, 0.5) is 11.4 Å². The van der Waals surface area contributed by atoms with Crippen LogP contribution < -0.4 is 10.6 Å². The van der Waals surface area contributed by atoms with Crippen molar-refractivity contribution in [2.24, 2.45) is 5.73 Å². The van der Waals surface area contributed by atoms with E-state index in [-0.39, 0.29) is 5.91 Å². The maximum Gasteiger partial charge on any atom is 0.262 e. The number of anilines is 2. The topological polar surface area (TPSA) is 63.2 Å². The van der Waals surface area contributed by atoms with E-state index in [0.717, 1.165) is 11.4 Å². The van der Waals surface area contributed by atoms with Gasteiger partial charge in [-0.15, -0.1) is 0 Å². The minimum absolute atomic E-state index is 0.140. The van der Waals surface area contributed by atoms with Crippen molar-refractivity contribution in [1.29, 1.82) is 0 Å². The number of amides is 2. The van der Waals surface area contributed by atoms with Gasteiger partial charge in [0, 0.05) is 11.1 Å². The summed E-state index contributed by atoms with van der Waals surface area (Å²) in [5, 5.41) is 0. The summed E-state index contributed by atoms with van der Waals surface area (Å²) in [4.78, 5) is 24.9. The molecule has 2 amide bonds. The first kappa shape index (κ1) is 10.5.